The lowest BCUT2D eigenvalue weighted by atomic mass is 10.1. The third-order valence-corrected chi connectivity index (χ3v) is 4.45. The first kappa shape index (κ1) is 14.9. The van der Waals surface area contributed by atoms with Crippen LogP contribution >= 0.6 is 12.2 Å². The van der Waals surface area contributed by atoms with Gasteiger partial charge in [-0.25, -0.2) is 0 Å². The summed E-state index contributed by atoms with van der Waals surface area (Å²) in [5.41, 5.74) is 3.04. The summed E-state index contributed by atoms with van der Waals surface area (Å²) in [7, 11) is 1.90. The molecule has 3 heterocycles. The molecule has 0 aliphatic carbocycles. The fourth-order valence-electron chi connectivity index (χ4n) is 3.04. The predicted octanol–water partition coefficient (Wildman–Crippen LogP) is 2.23. The highest BCUT2D eigenvalue weighted by atomic mass is 32.1. The van der Waals surface area contributed by atoms with Crippen LogP contribution in [0.1, 0.15) is 16.8 Å². The van der Waals surface area contributed by atoms with E-state index in [-0.39, 0.29) is 11.9 Å². The lowest BCUT2D eigenvalue weighted by Crippen LogP contribution is -2.37. The number of amides is 1. The smallest absolute Gasteiger partial charge is 0.266 e. The van der Waals surface area contributed by atoms with Gasteiger partial charge in [0, 0.05) is 37.9 Å². The Hall–Kier alpha value is -2.61. The number of H-pyrrole nitrogens is 1. The zero-order valence-electron chi connectivity index (χ0n) is 13.2. The van der Waals surface area contributed by atoms with E-state index in [1.54, 1.807) is 22.9 Å². The number of nitrogens with zero attached hydrogens (tertiary/aromatic N) is 3. The Morgan fingerprint density at radius 2 is 2.38 bits per heavy atom. The van der Waals surface area contributed by atoms with Gasteiger partial charge in [-0.15, -0.1) is 0 Å². The van der Waals surface area contributed by atoms with E-state index in [4.69, 9.17) is 16.6 Å². The predicted molar refractivity (Wildman–Crippen MR) is 92.7 cm³/mol. The average molecular weight is 343 g/mol. The Bertz CT molecular complexity index is 957. The maximum atomic E-state index is 12.5. The summed E-state index contributed by atoms with van der Waals surface area (Å²) in [6, 6.07) is 5.41. The number of benzene rings is 1. The number of aromatic amines is 1. The first-order chi connectivity index (χ1) is 11.6. The molecule has 0 spiro atoms. The van der Waals surface area contributed by atoms with Crippen molar-refractivity contribution in [2.45, 2.75) is 12.5 Å². The number of rotatable bonds is 3. The normalized spacial score (nSPS) is 17.5. The van der Waals surface area contributed by atoms with Gasteiger partial charge < -0.3 is 19.6 Å². The molecule has 124 valence electrons. The van der Waals surface area contributed by atoms with Crippen LogP contribution in [0.4, 0.5) is 5.69 Å². The SMILES string of the molecule is Cn1cc(N2CC[C@@H](NC(=O)c3ccc4[nH]c(=S)oc4c3)C2)cn1. The van der Waals surface area contributed by atoms with Gasteiger partial charge >= 0.3 is 0 Å². The van der Waals surface area contributed by atoms with Gasteiger partial charge in [0.05, 0.1) is 17.4 Å². The highest BCUT2D eigenvalue weighted by Gasteiger charge is 2.25. The number of anilines is 1. The molecule has 2 N–H and O–H groups in total. The molecular weight excluding hydrogens is 326 g/mol. The summed E-state index contributed by atoms with van der Waals surface area (Å²) in [5, 5.41) is 7.28. The van der Waals surface area contributed by atoms with Crippen molar-refractivity contribution in [1.82, 2.24) is 20.1 Å². The van der Waals surface area contributed by atoms with Crippen molar-refractivity contribution in [1.29, 1.82) is 0 Å². The lowest BCUT2D eigenvalue weighted by molar-refractivity contribution is 0.0940. The van der Waals surface area contributed by atoms with Crippen molar-refractivity contribution in [2.24, 2.45) is 7.05 Å². The number of aromatic nitrogens is 3. The molecule has 1 aliphatic heterocycles. The Morgan fingerprint density at radius 1 is 1.50 bits per heavy atom. The largest absolute Gasteiger partial charge is 0.429 e. The minimum atomic E-state index is -0.0998. The van der Waals surface area contributed by atoms with Gasteiger partial charge in [0.15, 0.2) is 5.58 Å². The van der Waals surface area contributed by atoms with Crippen LogP contribution in [0.5, 0.6) is 0 Å². The van der Waals surface area contributed by atoms with Crippen LogP contribution < -0.4 is 10.2 Å². The quantitative estimate of drug-likeness (QED) is 0.713. The third kappa shape index (κ3) is 2.80. The fraction of sp³-hybridized carbons (Fsp3) is 0.312. The van der Waals surface area contributed by atoms with E-state index in [1.807, 2.05) is 19.4 Å². The number of aryl methyl sites for hydroxylation is 1. The molecule has 1 saturated heterocycles. The van der Waals surface area contributed by atoms with Crippen molar-refractivity contribution >= 4 is 34.9 Å². The summed E-state index contributed by atoms with van der Waals surface area (Å²) in [6.07, 6.45) is 4.74. The van der Waals surface area contributed by atoms with Gasteiger partial charge in [0.2, 0.25) is 0 Å². The molecule has 1 amide bonds. The highest BCUT2D eigenvalue weighted by Crippen LogP contribution is 2.20. The summed E-state index contributed by atoms with van der Waals surface area (Å²) in [5.74, 6) is -0.0998. The minimum Gasteiger partial charge on any atom is -0.429 e. The molecule has 1 aromatic carbocycles. The van der Waals surface area contributed by atoms with E-state index in [0.717, 1.165) is 30.7 Å². The maximum Gasteiger partial charge on any atom is 0.266 e. The first-order valence-corrected chi connectivity index (χ1v) is 8.16. The molecule has 0 saturated carbocycles. The molecular formula is C16H17N5O2S. The number of hydrogen-bond acceptors (Lipinski definition) is 5. The van der Waals surface area contributed by atoms with Gasteiger partial charge in [0.1, 0.15) is 0 Å². The first-order valence-electron chi connectivity index (χ1n) is 7.76. The molecule has 0 bridgehead atoms. The molecule has 3 aromatic rings. The summed E-state index contributed by atoms with van der Waals surface area (Å²) in [6.45, 7) is 1.69. The molecule has 0 unspecified atom stereocenters. The van der Waals surface area contributed by atoms with Crippen molar-refractivity contribution in [2.75, 3.05) is 18.0 Å². The molecule has 8 heteroatoms. The van der Waals surface area contributed by atoms with Gasteiger partial charge in [-0.1, -0.05) is 0 Å². The Labute approximate surface area is 143 Å². The standard InChI is InChI=1S/C16H17N5O2S/c1-20-9-12(7-17-20)21-5-4-11(8-21)18-15(22)10-2-3-13-14(6-10)23-16(24)19-13/h2-3,6-7,9,11H,4-5,8H2,1H3,(H,18,22)(H,19,24)/t11-/m1/s1. The highest BCUT2D eigenvalue weighted by molar-refractivity contribution is 7.71. The van der Waals surface area contributed by atoms with E-state index in [1.165, 1.54) is 0 Å². The van der Waals surface area contributed by atoms with E-state index in [2.05, 4.69) is 20.3 Å². The Morgan fingerprint density at radius 3 is 3.17 bits per heavy atom. The second-order valence-electron chi connectivity index (χ2n) is 6.00. The fourth-order valence-corrected chi connectivity index (χ4v) is 3.24. The number of carbonyl (C=O) groups excluding carboxylic acids is 1. The van der Waals surface area contributed by atoms with Crippen LogP contribution in [-0.2, 0) is 7.05 Å². The molecule has 4 rings (SSSR count). The van der Waals surface area contributed by atoms with Gasteiger partial charge in [0.25, 0.3) is 10.7 Å². The third-order valence-electron chi connectivity index (χ3n) is 4.26. The molecule has 1 atom stereocenters. The van der Waals surface area contributed by atoms with E-state index >= 15 is 0 Å². The summed E-state index contributed by atoms with van der Waals surface area (Å²) >= 11 is 4.96. The Balaban J connectivity index is 1.44. The van der Waals surface area contributed by atoms with Crippen LogP contribution in [-0.4, -0.2) is 39.8 Å². The molecule has 0 radical (unpaired) electrons. The Kier molecular flexibility index (Phi) is 3.61. The topological polar surface area (TPSA) is 79.1 Å². The monoisotopic (exact) mass is 343 g/mol. The lowest BCUT2D eigenvalue weighted by Gasteiger charge is -2.16. The van der Waals surface area contributed by atoms with Gasteiger partial charge in [-0.2, -0.15) is 5.10 Å². The number of nitrogens with one attached hydrogen (secondary N) is 2. The number of hydrogen-bond donors (Lipinski definition) is 2. The van der Waals surface area contributed by atoms with E-state index < -0.39 is 0 Å². The van der Waals surface area contributed by atoms with E-state index in [9.17, 15) is 4.79 Å². The van der Waals surface area contributed by atoms with Crippen molar-refractivity contribution in [3.8, 4) is 0 Å². The molecule has 24 heavy (non-hydrogen) atoms. The van der Waals surface area contributed by atoms with Crippen LogP contribution in [0.3, 0.4) is 0 Å². The number of carbonyl (C=O) groups is 1. The van der Waals surface area contributed by atoms with Crippen molar-refractivity contribution < 1.29 is 9.21 Å². The van der Waals surface area contributed by atoms with Gasteiger partial charge in [-0.3, -0.25) is 9.48 Å². The van der Waals surface area contributed by atoms with E-state index in [0.29, 0.717) is 16.0 Å². The zero-order valence-corrected chi connectivity index (χ0v) is 14.0. The van der Waals surface area contributed by atoms with Crippen LogP contribution in [0.25, 0.3) is 11.1 Å². The van der Waals surface area contributed by atoms with Crippen LogP contribution in [0, 0.1) is 4.84 Å². The van der Waals surface area contributed by atoms with Crippen LogP contribution in [0.2, 0.25) is 0 Å². The molecule has 1 fully saturated rings. The molecule has 2 aromatic heterocycles. The van der Waals surface area contributed by atoms with Crippen LogP contribution in [0.15, 0.2) is 35.0 Å². The molecule has 7 nitrogen and oxygen atoms in total. The maximum absolute atomic E-state index is 12.5. The van der Waals surface area contributed by atoms with Crippen molar-refractivity contribution in [3.05, 3.63) is 41.0 Å². The minimum absolute atomic E-state index is 0.0998. The number of oxazole rings is 1. The summed E-state index contributed by atoms with van der Waals surface area (Å²) < 4.78 is 7.15. The van der Waals surface area contributed by atoms with Crippen molar-refractivity contribution in [3.63, 3.8) is 0 Å². The molecule has 1 aliphatic rings. The summed E-state index contributed by atoms with van der Waals surface area (Å²) in [4.78, 5) is 17.9. The average Bonchev–Trinajstić information content (AvgIpc) is 3.25. The second kappa shape index (κ2) is 5.79. The zero-order chi connectivity index (χ0) is 16.7. The second-order valence-corrected chi connectivity index (χ2v) is 6.37. The van der Waals surface area contributed by atoms with Gasteiger partial charge in [-0.05, 0) is 36.8 Å². The number of fused-ring (bicyclic) bond motifs is 1.